The zero-order chi connectivity index (χ0) is 13.8. The van der Waals surface area contributed by atoms with Crippen LogP contribution in [-0.4, -0.2) is 20.6 Å². The number of aliphatic carboxylic acids is 1. The maximum absolute atomic E-state index is 11.3. The summed E-state index contributed by atoms with van der Waals surface area (Å²) in [5, 5.41) is 19.8. The molecule has 1 unspecified atom stereocenters. The van der Waals surface area contributed by atoms with E-state index in [2.05, 4.69) is 0 Å². The predicted octanol–water partition coefficient (Wildman–Crippen LogP) is 2.26. The summed E-state index contributed by atoms with van der Waals surface area (Å²) in [5.41, 5.74) is 0.501. The van der Waals surface area contributed by atoms with E-state index in [1.807, 2.05) is 12.1 Å². The Morgan fingerprint density at radius 2 is 1.84 bits per heavy atom. The van der Waals surface area contributed by atoms with Crippen LogP contribution in [0.2, 0.25) is 0 Å². The van der Waals surface area contributed by atoms with Gasteiger partial charge in [-0.25, -0.2) is 0 Å². The molecule has 1 aromatic carbocycles. The maximum atomic E-state index is 11.3. The van der Waals surface area contributed by atoms with Gasteiger partial charge in [-0.1, -0.05) is 12.1 Å². The second kappa shape index (κ2) is 5.34. The van der Waals surface area contributed by atoms with Crippen molar-refractivity contribution in [2.45, 2.75) is 12.5 Å². The third kappa shape index (κ3) is 2.98. The Hall–Kier alpha value is -2.63. The maximum Gasteiger partial charge on any atom is 0.312 e. The molecular formula is C13H12N2O4. The first-order valence-electron chi connectivity index (χ1n) is 5.66. The van der Waals surface area contributed by atoms with Gasteiger partial charge in [0.25, 0.3) is 5.69 Å². The minimum Gasteiger partial charge on any atom is -0.481 e. The van der Waals surface area contributed by atoms with Crippen molar-refractivity contribution in [3.63, 3.8) is 0 Å². The lowest BCUT2D eigenvalue weighted by Crippen LogP contribution is -2.17. The van der Waals surface area contributed by atoms with Crippen molar-refractivity contribution in [1.82, 2.24) is 4.57 Å². The molecule has 0 saturated heterocycles. The Labute approximate surface area is 109 Å². The number of non-ortho nitro benzene ring substituents is 1. The molecule has 0 fully saturated rings. The first-order chi connectivity index (χ1) is 9.08. The summed E-state index contributed by atoms with van der Waals surface area (Å²) in [7, 11) is 0. The molecular weight excluding hydrogens is 248 g/mol. The quantitative estimate of drug-likeness (QED) is 0.660. The van der Waals surface area contributed by atoms with E-state index >= 15 is 0 Å². The summed E-state index contributed by atoms with van der Waals surface area (Å²) in [5.74, 6) is -1.68. The zero-order valence-electron chi connectivity index (χ0n) is 9.97. The highest BCUT2D eigenvalue weighted by molar-refractivity contribution is 5.76. The molecule has 1 atom stereocenters. The van der Waals surface area contributed by atoms with Crippen molar-refractivity contribution < 1.29 is 14.8 Å². The van der Waals surface area contributed by atoms with Gasteiger partial charge in [0, 0.05) is 31.1 Å². The van der Waals surface area contributed by atoms with Crippen molar-refractivity contribution in [3.05, 3.63) is 64.5 Å². The van der Waals surface area contributed by atoms with Crippen LogP contribution < -0.4 is 0 Å². The first kappa shape index (κ1) is 12.8. The van der Waals surface area contributed by atoms with Gasteiger partial charge in [0.05, 0.1) is 10.8 Å². The van der Waals surface area contributed by atoms with E-state index in [-0.39, 0.29) is 5.69 Å². The number of carboxylic acids is 1. The van der Waals surface area contributed by atoms with Crippen molar-refractivity contribution in [1.29, 1.82) is 0 Å². The van der Waals surface area contributed by atoms with E-state index in [0.717, 1.165) is 0 Å². The fourth-order valence-electron chi connectivity index (χ4n) is 1.86. The summed E-state index contributed by atoms with van der Waals surface area (Å²) < 4.78 is 1.76. The Bertz CT molecular complexity index is 575. The largest absolute Gasteiger partial charge is 0.481 e. The van der Waals surface area contributed by atoms with Gasteiger partial charge in [0.15, 0.2) is 0 Å². The van der Waals surface area contributed by atoms with E-state index in [9.17, 15) is 20.0 Å². The normalized spacial score (nSPS) is 12.0. The number of carbonyl (C=O) groups is 1. The number of nitrogens with zero attached hydrogens (tertiary/aromatic N) is 2. The van der Waals surface area contributed by atoms with Gasteiger partial charge in [0.2, 0.25) is 0 Å². The molecule has 0 aliphatic heterocycles. The van der Waals surface area contributed by atoms with E-state index in [1.54, 1.807) is 17.0 Å². The highest BCUT2D eigenvalue weighted by atomic mass is 16.6. The molecule has 0 amide bonds. The summed E-state index contributed by atoms with van der Waals surface area (Å²) in [6.07, 6.45) is 3.56. The van der Waals surface area contributed by atoms with E-state index in [0.29, 0.717) is 12.1 Å². The van der Waals surface area contributed by atoms with Gasteiger partial charge in [-0.05, 0) is 17.7 Å². The van der Waals surface area contributed by atoms with Gasteiger partial charge >= 0.3 is 5.97 Å². The van der Waals surface area contributed by atoms with Crippen LogP contribution >= 0.6 is 0 Å². The molecule has 2 aromatic rings. The van der Waals surface area contributed by atoms with Gasteiger partial charge < -0.3 is 9.67 Å². The third-order valence-electron chi connectivity index (χ3n) is 2.86. The molecule has 0 saturated carbocycles. The van der Waals surface area contributed by atoms with E-state index in [4.69, 9.17) is 0 Å². The van der Waals surface area contributed by atoms with Crippen LogP contribution in [0.5, 0.6) is 0 Å². The highest BCUT2D eigenvalue weighted by Gasteiger charge is 2.20. The van der Waals surface area contributed by atoms with Gasteiger partial charge in [-0.3, -0.25) is 14.9 Å². The minimum absolute atomic E-state index is 0.0474. The number of benzene rings is 1. The molecule has 0 bridgehead atoms. The van der Waals surface area contributed by atoms with Crippen LogP contribution in [0.15, 0.2) is 48.8 Å². The number of hydrogen-bond acceptors (Lipinski definition) is 3. The van der Waals surface area contributed by atoms with Crippen LogP contribution in [0.1, 0.15) is 11.5 Å². The van der Waals surface area contributed by atoms with Crippen LogP contribution in [0.4, 0.5) is 5.69 Å². The second-order valence-corrected chi connectivity index (χ2v) is 4.12. The van der Waals surface area contributed by atoms with E-state index in [1.165, 1.54) is 24.3 Å². The smallest absolute Gasteiger partial charge is 0.312 e. The first-order valence-corrected chi connectivity index (χ1v) is 5.66. The fraction of sp³-hybridized carbons (Fsp3) is 0.154. The van der Waals surface area contributed by atoms with Crippen molar-refractivity contribution in [2.75, 3.05) is 0 Å². The number of hydrogen-bond donors (Lipinski definition) is 1. The number of aromatic nitrogens is 1. The van der Waals surface area contributed by atoms with Crippen molar-refractivity contribution in [3.8, 4) is 0 Å². The predicted molar refractivity (Wildman–Crippen MR) is 67.9 cm³/mol. The average molecular weight is 260 g/mol. The van der Waals surface area contributed by atoms with Crippen LogP contribution in [-0.2, 0) is 11.3 Å². The highest BCUT2D eigenvalue weighted by Crippen LogP contribution is 2.21. The van der Waals surface area contributed by atoms with Gasteiger partial charge in [-0.15, -0.1) is 0 Å². The Kier molecular flexibility index (Phi) is 3.61. The lowest BCUT2D eigenvalue weighted by molar-refractivity contribution is -0.384. The monoisotopic (exact) mass is 260 g/mol. The summed E-state index contributed by atoms with van der Waals surface area (Å²) in [6.45, 7) is 0.292. The van der Waals surface area contributed by atoms with Crippen LogP contribution in [0.25, 0.3) is 0 Å². The van der Waals surface area contributed by atoms with Crippen molar-refractivity contribution >= 4 is 11.7 Å². The summed E-state index contributed by atoms with van der Waals surface area (Å²) >= 11 is 0. The zero-order valence-corrected chi connectivity index (χ0v) is 9.97. The van der Waals surface area contributed by atoms with Crippen LogP contribution in [0.3, 0.4) is 0 Å². The Morgan fingerprint density at radius 3 is 2.32 bits per heavy atom. The molecule has 0 spiro atoms. The lowest BCUT2D eigenvalue weighted by Gasteiger charge is -2.13. The van der Waals surface area contributed by atoms with E-state index < -0.39 is 16.8 Å². The number of nitro groups is 1. The lowest BCUT2D eigenvalue weighted by atomic mass is 9.99. The molecule has 2 rings (SSSR count). The van der Waals surface area contributed by atoms with Gasteiger partial charge in [-0.2, -0.15) is 0 Å². The standard InChI is InChI=1S/C13H12N2O4/c16-13(17)12(9-14-7-1-2-8-14)10-3-5-11(6-4-10)15(18)19/h1-8,12H,9H2,(H,16,17). The Balaban J connectivity index is 2.24. The molecule has 98 valence electrons. The molecule has 6 nitrogen and oxygen atoms in total. The molecule has 1 heterocycles. The molecule has 0 aliphatic rings. The minimum atomic E-state index is -0.956. The molecule has 6 heteroatoms. The third-order valence-corrected chi connectivity index (χ3v) is 2.86. The Morgan fingerprint density at radius 1 is 1.26 bits per heavy atom. The van der Waals surface area contributed by atoms with Crippen molar-refractivity contribution in [2.24, 2.45) is 0 Å². The summed E-state index contributed by atoms with van der Waals surface area (Å²) in [6, 6.07) is 9.24. The number of carboxylic acid groups (broad SMARTS) is 1. The topological polar surface area (TPSA) is 85.4 Å². The average Bonchev–Trinajstić information content (AvgIpc) is 2.88. The SMILES string of the molecule is O=C(O)C(Cn1cccc1)c1ccc([N+](=O)[O-])cc1. The summed E-state index contributed by atoms with van der Waals surface area (Å²) in [4.78, 5) is 21.3. The molecule has 19 heavy (non-hydrogen) atoms. The fourth-order valence-corrected chi connectivity index (χ4v) is 1.86. The molecule has 1 N–H and O–H groups in total. The number of nitro benzene ring substituents is 1. The van der Waals surface area contributed by atoms with Gasteiger partial charge in [0.1, 0.15) is 0 Å². The molecule has 1 aromatic heterocycles. The molecule has 0 aliphatic carbocycles. The second-order valence-electron chi connectivity index (χ2n) is 4.12. The van der Waals surface area contributed by atoms with Crippen LogP contribution in [0, 0.1) is 10.1 Å². The number of rotatable bonds is 5. The molecule has 0 radical (unpaired) electrons.